The van der Waals surface area contributed by atoms with Crippen molar-refractivity contribution < 1.29 is 9.47 Å². The third-order valence-corrected chi connectivity index (χ3v) is 3.84. The van der Waals surface area contributed by atoms with Gasteiger partial charge in [0.25, 0.3) is 0 Å². The van der Waals surface area contributed by atoms with E-state index in [-0.39, 0.29) is 0 Å². The van der Waals surface area contributed by atoms with Crippen molar-refractivity contribution in [3.63, 3.8) is 0 Å². The number of benzene rings is 3. The number of fused-ring (bicyclic) bond motifs is 1. The van der Waals surface area contributed by atoms with Gasteiger partial charge in [-0.1, -0.05) is 67.9 Å². The smallest absolute Gasteiger partial charge is 0.127 e. The van der Waals surface area contributed by atoms with Gasteiger partial charge >= 0.3 is 0 Å². The fraction of sp³-hybridized carbons (Fsp3) is 0.238. The molecule has 0 aliphatic carbocycles. The third kappa shape index (κ3) is 3.84. The Bertz CT molecular complexity index is 750. The molecule has 118 valence electrons. The first-order valence-corrected chi connectivity index (χ1v) is 8.19. The molecule has 0 spiro atoms. The highest BCUT2D eigenvalue weighted by molar-refractivity contribution is 5.93. The molecule has 0 unspecified atom stereocenters. The van der Waals surface area contributed by atoms with Crippen LogP contribution in [0, 0.1) is 0 Å². The molecule has 0 amide bonds. The average molecular weight is 306 g/mol. The Labute approximate surface area is 137 Å². The van der Waals surface area contributed by atoms with E-state index in [9.17, 15) is 0 Å². The van der Waals surface area contributed by atoms with E-state index < -0.39 is 0 Å². The van der Waals surface area contributed by atoms with Crippen LogP contribution in [0.15, 0.2) is 66.7 Å². The van der Waals surface area contributed by atoms with Gasteiger partial charge in [0, 0.05) is 10.8 Å². The number of rotatable bonds is 7. The molecule has 0 heterocycles. The van der Waals surface area contributed by atoms with Gasteiger partial charge in [0.15, 0.2) is 0 Å². The molecule has 0 fully saturated rings. The average Bonchev–Trinajstić information content (AvgIpc) is 2.62. The van der Waals surface area contributed by atoms with E-state index >= 15 is 0 Å². The van der Waals surface area contributed by atoms with Crippen molar-refractivity contribution in [1.29, 1.82) is 0 Å². The van der Waals surface area contributed by atoms with Crippen LogP contribution in [0.4, 0.5) is 0 Å². The van der Waals surface area contributed by atoms with Gasteiger partial charge in [-0.15, -0.1) is 0 Å². The van der Waals surface area contributed by atoms with Gasteiger partial charge in [-0.25, -0.2) is 0 Å². The van der Waals surface area contributed by atoms with Crippen LogP contribution in [-0.4, -0.2) is 6.61 Å². The Morgan fingerprint density at radius 3 is 1.96 bits per heavy atom. The summed E-state index contributed by atoms with van der Waals surface area (Å²) in [6.45, 7) is 3.49. The van der Waals surface area contributed by atoms with Crippen molar-refractivity contribution in [3.05, 3.63) is 72.3 Å². The molecule has 2 heteroatoms. The molecule has 0 radical (unpaired) electrons. The molecular weight excluding hydrogens is 284 g/mol. The maximum atomic E-state index is 6.03. The van der Waals surface area contributed by atoms with E-state index in [0.29, 0.717) is 6.61 Å². The molecular formula is C21H22O2. The number of ether oxygens (including phenoxy) is 2. The lowest BCUT2D eigenvalue weighted by Gasteiger charge is -2.13. The van der Waals surface area contributed by atoms with Crippen LogP contribution in [0.25, 0.3) is 10.8 Å². The molecule has 0 saturated carbocycles. The van der Waals surface area contributed by atoms with Crippen molar-refractivity contribution >= 4 is 10.8 Å². The molecule has 0 atom stereocenters. The lowest BCUT2D eigenvalue weighted by atomic mass is 10.1. The van der Waals surface area contributed by atoms with Crippen molar-refractivity contribution in [2.75, 3.05) is 6.61 Å². The van der Waals surface area contributed by atoms with Gasteiger partial charge in [-0.2, -0.15) is 0 Å². The summed E-state index contributed by atoms with van der Waals surface area (Å²) < 4.78 is 12.0. The highest BCUT2D eigenvalue weighted by Gasteiger charge is 2.08. The monoisotopic (exact) mass is 306 g/mol. The lowest BCUT2D eigenvalue weighted by Crippen LogP contribution is -1.99. The standard InChI is InChI=1S/C21H22O2/c1-2-3-15-22-20-13-14-21(19-12-8-7-11-18(19)20)23-16-17-9-5-4-6-10-17/h4-14H,2-3,15-16H2,1H3. The summed E-state index contributed by atoms with van der Waals surface area (Å²) in [4.78, 5) is 0. The summed E-state index contributed by atoms with van der Waals surface area (Å²) >= 11 is 0. The highest BCUT2D eigenvalue weighted by atomic mass is 16.5. The molecule has 3 rings (SSSR count). The summed E-state index contributed by atoms with van der Waals surface area (Å²) in [5.41, 5.74) is 1.17. The molecule has 0 N–H and O–H groups in total. The van der Waals surface area contributed by atoms with Crippen LogP contribution in [0.1, 0.15) is 25.3 Å². The van der Waals surface area contributed by atoms with Gasteiger partial charge in [0.2, 0.25) is 0 Å². The molecule has 0 saturated heterocycles. The van der Waals surface area contributed by atoms with Gasteiger partial charge in [0.05, 0.1) is 6.61 Å². The van der Waals surface area contributed by atoms with Crippen molar-refractivity contribution in [2.24, 2.45) is 0 Å². The predicted molar refractivity (Wildman–Crippen MR) is 95.1 cm³/mol. The molecule has 0 aliphatic heterocycles. The molecule has 3 aromatic rings. The molecule has 0 aromatic heterocycles. The molecule has 3 aromatic carbocycles. The SMILES string of the molecule is CCCCOc1ccc(OCc2ccccc2)c2ccccc12. The first-order valence-electron chi connectivity index (χ1n) is 8.19. The maximum Gasteiger partial charge on any atom is 0.127 e. The summed E-state index contributed by atoms with van der Waals surface area (Å²) in [7, 11) is 0. The van der Waals surface area contributed by atoms with E-state index in [0.717, 1.165) is 41.7 Å². The number of hydrogen-bond donors (Lipinski definition) is 0. The summed E-state index contributed by atoms with van der Waals surface area (Å²) in [5.74, 6) is 1.83. The van der Waals surface area contributed by atoms with Crippen LogP contribution in [-0.2, 0) is 6.61 Å². The first kappa shape index (κ1) is 15.4. The van der Waals surface area contributed by atoms with Gasteiger partial charge in [-0.05, 0) is 24.1 Å². The van der Waals surface area contributed by atoms with Crippen LogP contribution in [0.3, 0.4) is 0 Å². The van der Waals surface area contributed by atoms with Crippen LogP contribution < -0.4 is 9.47 Å². The molecule has 0 bridgehead atoms. The van der Waals surface area contributed by atoms with E-state index in [1.165, 1.54) is 5.56 Å². The van der Waals surface area contributed by atoms with Crippen LogP contribution >= 0.6 is 0 Å². The zero-order valence-corrected chi connectivity index (χ0v) is 13.5. The van der Waals surface area contributed by atoms with E-state index in [2.05, 4.69) is 31.2 Å². The Morgan fingerprint density at radius 2 is 1.30 bits per heavy atom. The van der Waals surface area contributed by atoms with Crippen molar-refractivity contribution in [1.82, 2.24) is 0 Å². The van der Waals surface area contributed by atoms with Gasteiger partial charge < -0.3 is 9.47 Å². The van der Waals surface area contributed by atoms with Crippen LogP contribution in [0.2, 0.25) is 0 Å². The lowest BCUT2D eigenvalue weighted by molar-refractivity contribution is 0.304. The number of unbranched alkanes of at least 4 members (excludes halogenated alkanes) is 1. The predicted octanol–water partition coefficient (Wildman–Crippen LogP) is 5.60. The summed E-state index contributed by atoms with van der Waals surface area (Å²) in [6.07, 6.45) is 2.21. The molecule has 0 aliphatic rings. The van der Waals surface area contributed by atoms with E-state index in [1.807, 2.05) is 42.5 Å². The normalized spacial score (nSPS) is 10.7. The third-order valence-electron chi connectivity index (χ3n) is 3.84. The fourth-order valence-electron chi connectivity index (χ4n) is 2.56. The first-order chi connectivity index (χ1) is 11.4. The minimum absolute atomic E-state index is 0.570. The topological polar surface area (TPSA) is 18.5 Å². The minimum Gasteiger partial charge on any atom is -0.493 e. The van der Waals surface area contributed by atoms with Crippen molar-refractivity contribution in [3.8, 4) is 11.5 Å². The highest BCUT2D eigenvalue weighted by Crippen LogP contribution is 2.33. The van der Waals surface area contributed by atoms with Gasteiger partial charge in [-0.3, -0.25) is 0 Å². The quantitative estimate of drug-likeness (QED) is 0.529. The Balaban J connectivity index is 1.82. The van der Waals surface area contributed by atoms with E-state index in [4.69, 9.17) is 9.47 Å². The Hall–Kier alpha value is -2.48. The Morgan fingerprint density at radius 1 is 0.696 bits per heavy atom. The summed E-state index contributed by atoms with van der Waals surface area (Å²) in [6, 6.07) is 22.5. The second-order valence-corrected chi connectivity index (χ2v) is 5.58. The zero-order chi connectivity index (χ0) is 15.9. The maximum absolute atomic E-state index is 6.03. The molecule has 23 heavy (non-hydrogen) atoms. The largest absolute Gasteiger partial charge is 0.493 e. The minimum atomic E-state index is 0.570. The summed E-state index contributed by atoms with van der Waals surface area (Å²) in [5, 5.41) is 2.20. The van der Waals surface area contributed by atoms with Crippen LogP contribution in [0.5, 0.6) is 11.5 Å². The number of hydrogen-bond acceptors (Lipinski definition) is 2. The Kier molecular flexibility index (Phi) is 5.15. The zero-order valence-electron chi connectivity index (χ0n) is 13.5. The van der Waals surface area contributed by atoms with Crippen molar-refractivity contribution in [2.45, 2.75) is 26.4 Å². The van der Waals surface area contributed by atoms with E-state index in [1.54, 1.807) is 0 Å². The second kappa shape index (κ2) is 7.68. The molecule has 2 nitrogen and oxygen atoms in total. The van der Waals surface area contributed by atoms with Gasteiger partial charge in [0.1, 0.15) is 18.1 Å². The second-order valence-electron chi connectivity index (χ2n) is 5.58. The fourth-order valence-corrected chi connectivity index (χ4v) is 2.56.